The molecule has 4 rings (SSSR count). The van der Waals surface area contributed by atoms with E-state index >= 15 is 0 Å². The van der Waals surface area contributed by atoms with Gasteiger partial charge in [-0.2, -0.15) is 0 Å². The molecule has 0 fully saturated rings. The molecule has 0 saturated carbocycles. The van der Waals surface area contributed by atoms with Gasteiger partial charge in [0, 0.05) is 21.7 Å². The number of benzene rings is 3. The highest BCUT2D eigenvalue weighted by atomic mass is 32.1. The first-order valence-electron chi connectivity index (χ1n) is 9.38. The molecule has 3 nitrogen and oxygen atoms in total. The third-order valence-electron chi connectivity index (χ3n) is 4.88. The van der Waals surface area contributed by atoms with Gasteiger partial charge in [0.05, 0.1) is 0 Å². The molecule has 4 aromatic rings. The highest BCUT2D eigenvalue weighted by Crippen LogP contribution is 2.34. The smallest absolute Gasteiger partial charge is 0.119 e. The van der Waals surface area contributed by atoms with Crippen LogP contribution in [0.3, 0.4) is 0 Å². The van der Waals surface area contributed by atoms with Gasteiger partial charge in [0.15, 0.2) is 0 Å². The van der Waals surface area contributed by atoms with Crippen LogP contribution in [0.2, 0.25) is 0 Å². The van der Waals surface area contributed by atoms with Crippen LogP contribution in [0.1, 0.15) is 5.56 Å². The molecule has 0 radical (unpaired) electrons. The van der Waals surface area contributed by atoms with Crippen molar-refractivity contribution in [3.05, 3.63) is 89.8 Å². The fourth-order valence-corrected chi connectivity index (χ4v) is 4.23. The molecule has 0 saturated heterocycles. The SMILES string of the molecule is NC(Cc1ccccc1)C(O)COc1ccc(-c2csc3ccccc23)cc1. The number of thiophene rings is 1. The largest absolute Gasteiger partial charge is 0.491 e. The summed E-state index contributed by atoms with van der Waals surface area (Å²) < 4.78 is 7.04. The van der Waals surface area contributed by atoms with Gasteiger partial charge in [-0.25, -0.2) is 0 Å². The Hall–Kier alpha value is -2.66. The molecule has 3 aromatic carbocycles. The van der Waals surface area contributed by atoms with Crippen LogP contribution in [0, 0.1) is 0 Å². The Morgan fingerprint density at radius 2 is 1.61 bits per heavy atom. The van der Waals surface area contributed by atoms with Gasteiger partial charge in [0.2, 0.25) is 0 Å². The average molecular weight is 390 g/mol. The van der Waals surface area contributed by atoms with Gasteiger partial charge in [-0.1, -0.05) is 60.7 Å². The third-order valence-corrected chi connectivity index (χ3v) is 5.84. The van der Waals surface area contributed by atoms with Crippen molar-refractivity contribution in [2.75, 3.05) is 6.61 Å². The van der Waals surface area contributed by atoms with Crippen molar-refractivity contribution in [2.24, 2.45) is 5.73 Å². The van der Waals surface area contributed by atoms with Crippen LogP contribution in [0.5, 0.6) is 5.75 Å². The van der Waals surface area contributed by atoms with Crippen LogP contribution < -0.4 is 10.5 Å². The first-order valence-corrected chi connectivity index (χ1v) is 10.3. The summed E-state index contributed by atoms with van der Waals surface area (Å²) >= 11 is 1.75. The zero-order chi connectivity index (χ0) is 19.3. The van der Waals surface area contributed by atoms with E-state index in [1.54, 1.807) is 11.3 Å². The Morgan fingerprint density at radius 1 is 0.893 bits per heavy atom. The molecule has 142 valence electrons. The molecule has 0 bridgehead atoms. The number of nitrogens with two attached hydrogens (primary N) is 1. The van der Waals surface area contributed by atoms with Gasteiger partial charge in [0.25, 0.3) is 0 Å². The molecule has 3 N–H and O–H groups in total. The van der Waals surface area contributed by atoms with Crippen LogP contribution in [0.15, 0.2) is 84.2 Å². The number of hydrogen-bond donors (Lipinski definition) is 2. The highest BCUT2D eigenvalue weighted by molar-refractivity contribution is 7.17. The topological polar surface area (TPSA) is 55.5 Å². The maximum Gasteiger partial charge on any atom is 0.119 e. The van der Waals surface area contributed by atoms with Gasteiger partial charge in [-0.15, -0.1) is 11.3 Å². The molecule has 1 aromatic heterocycles. The van der Waals surface area contributed by atoms with E-state index in [4.69, 9.17) is 10.5 Å². The number of ether oxygens (including phenoxy) is 1. The van der Waals surface area contributed by atoms with E-state index < -0.39 is 6.10 Å². The summed E-state index contributed by atoms with van der Waals surface area (Å²) in [7, 11) is 0. The lowest BCUT2D eigenvalue weighted by atomic mass is 10.0. The molecule has 0 amide bonds. The normalized spacial score (nSPS) is 13.4. The lowest BCUT2D eigenvalue weighted by Crippen LogP contribution is -2.40. The molecule has 0 aliphatic rings. The second kappa shape index (κ2) is 8.57. The van der Waals surface area contributed by atoms with Crippen molar-refractivity contribution in [1.82, 2.24) is 0 Å². The fourth-order valence-electron chi connectivity index (χ4n) is 3.26. The van der Waals surface area contributed by atoms with Crippen LogP contribution in [0.25, 0.3) is 21.2 Å². The quantitative estimate of drug-likeness (QED) is 0.474. The van der Waals surface area contributed by atoms with E-state index in [1.165, 1.54) is 15.6 Å². The summed E-state index contributed by atoms with van der Waals surface area (Å²) in [4.78, 5) is 0. The Morgan fingerprint density at radius 3 is 2.39 bits per heavy atom. The first-order chi connectivity index (χ1) is 13.7. The van der Waals surface area contributed by atoms with E-state index in [-0.39, 0.29) is 12.6 Å². The highest BCUT2D eigenvalue weighted by Gasteiger charge is 2.16. The van der Waals surface area contributed by atoms with Gasteiger partial charge >= 0.3 is 0 Å². The van der Waals surface area contributed by atoms with Crippen LogP contribution >= 0.6 is 11.3 Å². The zero-order valence-electron chi connectivity index (χ0n) is 15.5. The molecule has 2 atom stereocenters. The lowest BCUT2D eigenvalue weighted by Gasteiger charge is -2.19. The molecular weight excluding hydrogens is 366 g/mol. The lowest BCUT2D eigenvalue weighted by molar-refractivity contribution is 0.0851. The summed E-state index contributed by atoms with van der Waals surface area (Å²) in [6.07, 6.45) is -0.101. The van der Waals surface area contributed by atoms with E-state index in [1.807, 2.05) is 42.5 Å². The standard InChI is InChI=1S/C24H23NO2S/c25-22(14-17-6-2-1-3-7-17)23(26)15-27-19-12-10-18(11-13-19)21-16-28-24-9-5-4-8-20(21)24/h1-13,16,22-23,26H,14-15,25H2. The van der Waals surface area contributed by atoms with Gasteiger partial charge in [-0.05, 0) is 41.1 Å². The fraction of sp³-hybridized carbons (Fsp3) is 0.167. The maximum absolute atomic E-state index is 10.3. The predicted octanol–water partition coefficient (Wildman–Crippen LogP) is 4.88. The van der Waals surface area contributed by atoms with Gasteiger partial charge in [-0.3, -0.25) is 0 Å². The summed E-state index contributed by atoms with van der Waals surface area (Å²) in [5, 5.41) is 13.8. The second-order valence-corrected chi connectivity index (χ2v) is 7.81. The molecule has 1 heterocycles. The van der Waals surface area contributed by atoms with Crippen molar-refractivity contribution < 1.29 is 9.84 Å². The van der Waals surface area contributed by atoms with Crippen molar-refractivity contribution in [3.8, 4) is 16.9 Å². The Bertz CT molecular complexity index is 1030. The maximum atomic E-state index is 10.3. The first kappa shape index (κ1) is 18.7. The predicted molar refractivity (Wildman–Crippen MR) is 117 cm³/mol. The minimum absolute atomic E-state index is 0.175. The van der Waals surface area contributed by atoms with E-state index in [2.05, 4.69) is 41.8 Å². The second-order valence-electron chi connectivity index (χ2n) is 6.90. The van der Waals surface area contributed by atoms with Crippen molar-refractivity contribution in [1.29, 1.82) is 0 Å². The number of rotatable bonds is 7. The molecule has 0 spiro atoms. The Labute approximate surface area is 169 Å². The van der Waals surface area contributed by atoms with E-state index in [0.717, 1.165) is 16.9 Å². The van der Waals surface area contributed by atoms with E-state index in [9.17, 15) is 5.11 Å². The molecule has 0 aliphatic heterocycles. The van der Waals surface area contributed by atoms with E-state index in [0.29, 0.717) is 6.42 Å². The van der Waals surface area contributed by atoms with Crippen LogP contribution in [-0.2, 0) is 6.42 Å². The molecule has 4 heteroatoms. The van der Waals surface area contributed by atoms with Crippen molar-refractivity contribution >= 4 is 21.4 Å². The molecular formula is C24H23NO2S. The minimum Gasteiger partial charge on any atom is -0.491 e. The Balaban J connectivity index is 1.37. The van der Waals surface area contributed by atoms with Crippen molar-refractivity contribution in [2.45, 2.75) is 18.6 Å². The minimum atomic E-state index is -0.722. The summed E-state index contributed by atoms with van der Waals surface area (Å²) in [5.74, 6) is 0.731. The number of aliphatic hydroxyl groups is 1. The van der Waals surface area contributed by atoms with Crippen molar-refractivity contribution in [3.63, 3.8) is 0 Å². The molecule has 0 aliphatic carbocycles. The third kappa shape index (κ3) is 4.25. The molecule has 28 heavy (non-hydrogen) atoms. The number of hydrogen-bond acceptors (Lipinski definition) is 4. The summed E-state index contributed by atoms with van der Waals surface area (Å²) in [6.45, 7) is 0.175. The van der Waals surface area contributed by atoms with Crippen LogP contribution in [-0.4, -0.2) is 23.9 Å². The van der Waals surface area contributed by atoms with Gasteiger partial charge < -0.3 is 15.6 Å². The monoisotopic (exact) mass is 389 g/mol. The Kier molecular flexibility index (Phi) is 5.72. The summed E-state index contributed by atoms with van der Waals surface area (Å²) in [6, 6.07) is 26.0. The van der Waals surface area contributed by atoms with Gasteiger partial charge in [0.1, 0.15) is 18.5 Å². The van der Waals surface area contributed by atoms with Crippen LogP contribution in [0.4, 0.5) is 0 Å². The average Bonchev–Trinajstić information content (AvgIpc) is 3.17. The number of fused-ring (bicyclic) bond motifs is 1. The summed E-state index contributed by atoms with van der Waals surface area (Å²) in [5.41, 5.74) is 9.63. The zero-order valence-corrected chi connectivity index (χ0v) is 16.3. The molecule has 2 unspecified atom stereocenters. The number of aliphatic hydroxyl groups excluding tert-OH is 1.